The van der Waals surface area contributed by atoms with E-state index in [0.717, 1.165) is 11.1 Å². The van der Waals surface area contributed by atoms with Crippen molar-refractivity contribution in [1.29, 1.82) is 0 Å². The molecule has 0 saturated carbocycles. The Hall–Kier alpha value is -4.88. The maximum Gasteiger partial charge on any atom is 0.303 e. The highest BCUT2D eigenvalue weighted by atomic mass is 16.4. The minimum atomic E-state index is -0.933. The summed E-state index contributed by atoms with van der Waals surface area (Å²) in [6.45, 7) is 0.511. The Kier molecular flexibility index (Phi) is 10.2. The lowest BCUT2D eigenvalue weighted by molar-refractivity contribution is -0.138. The van der Waals surface area contributed by atoms with E-state index in [0.29, 0.717) is 11.4 Å². The lowest BCUT2D eigenvalue weighted by Crippen LogP contribution is -2.22. The Bertz CT molecular complexity index is 1150. The molecule has 2 amide bonds. The normalized spacial score (nSPS) is 10.5. The number of hydrogen-bond donors (Lipinski definition) is 4. The molecular formula is C24H26N8O6. The van der Waals surface area contributed by atoms with E-state index in [2.05, 4.69) is 41.0 Å². The van der Waals surface area contributed by atoms with Crippen LogP contribution in [0.4, 0.5) is 0 Å². The van der Waals surface area contributed by atoms with Gasteiger partial charge in [0, 0.05) is 51.2 Å². The summed E-state index contributed by atoms with van der Waals surface area (Å²) in [6, 6.07) is 6.85. The minimum absolute atomic E-state index is 0.0512. The van der Waals surface area contributed by atoms with Gasteiger partial charge in [-0.1, -0.05) is 12.1 Å². The highest BCUT2D eigenvalue weighted by molar-refractivity contribution is 5.77. The molecule has 3 aromatic rings. The Labute approximate surface area is 217 Å². The Morgan fingerprint density at radius 2 is 1.00 bits per heavy atom. The van der Waals surface area contributed by atoms with E-state index in [1.54, 1.807) is 36.7 Å². The van der Waals surface area contributed by atoms with Crippen molar-refractivity contribution in [1.82, 2.24) is 41.0 Å². The van der Waals surface area contributed by atoms with Crippen molar-refractivity contribution in [3.05, 3.63) is 47.8 Å². The van der Waals surface area contributed by atoms with Gasteiger partial charge in [0.15, 0.2) is 0 Å². The second kappa shape index (κ2) is 14.0. The molecule has 3 aromatic heterocycles. The maximum absolute atomic E-state index is 11.8. The van der Waals surface area contributed by atoms with E-state index in [4.69, 9.17) is 10.2 Å². The fourth-order valence-electron chi connectivity index (χ4n) is 3.14. The summed E-state index contributed by atoms with van der Waals surface area (Å²) in [5.74, 6) is -1.92. The number of pyridine rings is 2. The van der Waals surface area contributed by atoms with E-state index < -0.39 is 11.9 Å². The number of carbonyl (C=O) groups is 4. The molecule has 38 heavy (non-hydrogen) atoms. The molecule has 0 fully saturated rings. The van der Waals surface area contributed by atoms with Gasteiger partial charge in [-0.3, -0.25) is 29.1 Å². The van der Waals surface area contributed by atoms with Crippen LogP contribution < -0.4 is 10.6 Å². The van der Waals surface area contributed by atoms with Crippen molar-refractivity contribution in [2.24, 2.45) is 0 Å². The number of carboxylic acids is 2. The zero-order valence-electron chi connectivity index (χ0n) is 20.3. The largest absolute Gasteiger partial charge is 0.481 e. The number of carbonyl (C=O) groups excluding carboxylic acids is 2. The van der Waals surface area contributed by atoms with Crippen molar-refractivity contribution in [2.75, 3.05) is 0 Å². The first-order valence-electron chi connectivity index (χ1n) is 11.7. The van der Waals surface area contributed by atoms with Gasteiger partial charge in [-0.05, 0) is 36.1 Å². The molecule has 0 spiro atoms. The molecular weight excluding hydrogens is 496 g/mol. The number of nitrogens with one attached hydrogen (secondary N) is 2. The SMILES string of the molecule is O=C(O)CCCC(=O)NCc1ccc(-c2nnc(-c3ccc(CNC(=O)CCCC(=O)O)cn3)nn2)nc1. The standard InChI is InChI=1S/C24H26N8O6/c33-19(3-1-5-21(35)36)27-13-15-7-9-17(25-11-15)23-29-31-24(32-30-23)18-10-8-16(12-26-18)14-28-20(34)4-2-6-22(37)38/h7-12H,1-6,13-14H2,(H,27,33)(H,28,34)(H,35,36)(H,37,38). The molecule has 198 valence electrons. The fourth-order valence-corrected chi connectivity index (χ4v) is 3.14. The Balaban J connectivity index is 1.48. The second-order valence-electron chi connectivity index (χ2n) is 8.20. The predicted octanol–water partition coefficient (Wildman–Crippen LogP) is 1.13. The van der Waals surface area contributed by atoms with Crippen LogP contribution in [0.25, 0.3) is 23.0 Å². The summed E-state index contributed by atoms with van der Waals surface area (Å²) in [5, 5.41) is 38.9. The van der Waals surface area contributed by atoms with Gasteiger partial charge < -0.3 is 20.8 Å². The zero-order chi connectivity index (χ0) is 27.3. The molecule has 0 atom stereocenters. The van der Waals surface area contributed by atoms with Crippen LogP contribution in [-0.4, -0.2) is 64.3 Å². The molecule has 0 aliphatic heterocycles. The minimum Gasteiger partial charge on any atom is -0.481 e. The topological polar surface area (TPSA) is 210 Å². The molecule has 0 saturated heterocycles. The number of carboxylic acid groups (broad SMARTS) is 2. The van der Waals surface area contributed by atoms with E-state index in [-0.39, 0.29) is 75.1 Å². The van der Waals surface area contributed by atoms with E-state index >= 15 is 0 Å². The molecule has 0 aliphatic carbocycles. The first-order valence-corrected chi connectivity index (χ1v) is 11.7. The fraction of sp³-hybridized carbons (Fsp3) is 0.333. The van der Waals surface area contributed by atoms with Crippen molar-refractivity contribution in [3.8, 4) is 23.0 Å². The van der Waals surface area contributed by atoms with Crippen LogP contribution in [0.1, 0.15) is 49.7 Å². The summed E-state index contributed by atoms with van der Waals surface area (Å²) < 4.78 is 0. The number of amides is 2. The molecule has 14 nitrogen and oxygen atoms in total. The highest BCUT2D eigenvalue weighted by Crippen LogP contribution is 2.14. The van der Waals surface area contributed by atoms with E-state index in [9.17, 15) is 19.2 Å². The van der Waals surface area contributed by atoms with Gasteiger partial charge in [0.05, 0.1) is 0 Å². The summed E-state index contributed by atoms with van der Waals surface area (Å²) in [7, 11) is 0. The third-order valence-electron chi connectivity index (χ3n) is 5.15. The van der Waals surface area contributed by atoms with Gasteiger partial charge in [-0.15, -0.1) is 20.4 Å². The average molecular weight is 523 g/mol. The highest BCUT2D eigenvalue weighted by Gasteiger charge is 2.10. The molecule has 0 bridgehead atoms. The molecule has 14 heteroatoms. The molecule has 3 rings (SSSR count). The van der Waals surface area contributed by atoms with E-state index in [1.165, 1.54) is 0 Å². The maximum atomic E-state index is 11.8. The Morgan fingerprint density at radius 3 is 1.32 bits per heavy atom. The van der Waals surface area contributed by atoms with Gasteiger partial charge in [-0.25, -0.2) is 0 Å². The molecule has 0 aromatic carbocycles. The summed E-state index contributed by atoms with van der Waals surface area (Å²) >= 11 is 0. The monoisotopic (exact) mass is 522 g/mol. The summed E-state index contributed by atoms with van der Waals surface area (Å²) in [6.07, 6.45) is 3.86. The van der Waals surface area contributed by atoms with Gasteiger partial charge in [0.25, 0.3) is 0 Å². The number of aromatic nitrogens is 6. The van der Waals surface area contributed by atoms with Gasteiger partial charge in [0.1, 0.15) is 11.4 Å². The van der Waals surface area contributed by atoms with Crippen LogP contribution in [0, 0.1) is 0 Å². The number of nitrogens with zero attached hydrogens (tertiary/aromatic N) is 6. The van der Waals surface area contributed by atoms with Crippen LogP contribution in [0.3, 0.4) is 0 Å². The average Bonchev–Trinajstić information content (AvgIpc) is 2.91. The van der Waals surface area contributed by atoms with Crippen LogP contribution in [0.2, 0.25) is 0 Å². The van der Waals surface area contributed by atoms with Crippen LogP contribution in [0.5, 0.6) is 0 Å². The summed E-state index contributed by atoms with van der Waals surface area (Å²) in [5.41, 5.74) is 2.38. The quantitative estimate of drug-likeness (QED) is 0.235. The molecule has 0 aliphatic rings. The molecule has 0 unspecified atom stereocenters. The smallest absolute Gasteiger partial charge is 0.303 e. The first kappa shape index (κ1) is 27.7. The third kappa shape index (κ3) is 9.29. The van der Waals surface area contributed by atoms with Crippen molar-refractivity contribution in [3.63, 3.8) is 0 Å². The lowest BCUT2D eigenvalue weighted by atomic mass is 10.2. The summed E-state index contributed by atoms with van der Waals surface area (Å²) in [4.78, 5) is 53.1. The number of rotatable bonds is 14. The van der Waals surface area contributed by atoms with Crippen LogP contribution in [-0.2, 0) is 32.3 Å². The molecule has 0 radical (unpaired) electrons. The Morgan fingerprint density at radius 1 is 0.605 bits per heavy atom. The van der Waals surface area contributed by atoms with Crippen molar-refractivity contribution >= 4 is 23.8 Å². The van der Waals surface area contributed by atoms with Gasteiger partial charge in [0.2, 0.25) is 23.5 Å². The molecule has 3 heterocycles. The molecule has 4 N–H and O–H groups in total. The third-order valence-corrected chi connectivity index (χ3v) is 5.15. The number of aliphatic carboxylic acids is 2. The predicted molar refractivity (Wildman–Crippen MR) is 131 cm³/mol. The second-order valence-corrected chi connectivity index (χ2v) is 8.20. The van der Waals surface area contributed by atoms with E-state index in [1.807, 2.05) is 0 Å². The van der Waals surface area contributed by atoms with Crippen molar-refractivity contribution in [2.45, 2.75) is 51.6 Å². The van der Waals surface area contributed by atoms with Crippen LogP contribution in [0.15, 0.2) is 36.7 Å². The van der Waals surface area contributed by atoms with Crippen LogP contribution >= 0.6 is 0 Å². The van der Waals surface area contributed by atoms with Crippen molar-refractivity contribution < 1.29 is 29.4 Å². The number of hydrogen-bond acceptors (Lipinski definition) is 10. The van der Waals surface area contributed by atoms with Gasteiger partial charge >= 0.3 is 11.9 Å². The first-order chi connectivity index (χ1) is 18.3. The zero-order valence-corrected chi connectivity index (χ0v) is 20.3. The lowest BCUT2D eigenvalue weighted by Gasteiger charge is -2.06. The van der Waals surface area contributed by atoms with Gasteiger partial charge in [-0.2, -0.15) is 0 Å².